The topological polar surface area (TPSA) is 45.8 Å². The van der Waals surface area contributed by atoms with E-state index in [1.54, 1.807) is 6.07 Å². The number of hydrogen-bond donors (Lipinski definition) is 1. The molecule has 0 spiro atoms. The molecule has 16 heavy (non-hydrogen) atoms. The SMILES string of the molecule is CC(C)CC1CCC1(C)c1ccc(=O)[nH]n1. The molecule has 0 bridgehead atoms. The van der Waals surface area contributed by atoms with Gasteiger partial charge < -0.3 is 0 Å². The number of rotatable bonds is 3. The van der Waals surface area contributed by atoms with Crippen molar-refractivity contribution in [2.24, 2.45) is 11.8 Å². The molecular formula is C13H20N2O. The molecule has 1 aromatic rings. The Morgan fingerprint density at radius 2 is 2.31 bits per heavy atom. The van der Waals surface area contributed by atoms with Crippen molar-refractivity contribution in [3.63, 3.8) is 0 Å². The molecule has 0 amide bonds. The smallest absolute Gasteiger partial charge is 0.264 e. The molecule has 2 atom stereocenters. The minimum absolute atomic E-state index is 0.118. The average Bonchev–Trinajstić information content (AvgIpc) is 2.24. The molecule has 1 fully saturated rings. The van der Waals surface area contributed by atoms with Crippen molar-refractivity contribution in [2.45, 2.75) is 45.4 Å². The molecule has 1 saturated carbocycles. The highest BCUT2D eigenvalue weighted by molar-refractivity contribution is 5.19. The fourth-order valence-electron chi connectivity index (χ4n) is 2.73. The van der Waals surface area contributed by atoms with Crippen molar-refractivity contribution in [1.82, 2.24) is 10.2 Å². The second kappa shape index (κ2) is 4.04. The Morgan fingerprint density at radius 3 is 2.75 bits per heavy atom. The van der Waals surface area contributed by atoms with E-state index in [9.17, 15) is 4.79 Å². The predicted molar refractivity (Wildman–Crippen MR) is 64.4 cm³/mol. The van der Waals surface area contributed by atoms with Gasteiger partial charge in [-0.1, -0.05) is 20.8 Å². The second-order valence-corrected chi connectivity index (χ2v) is 5.59. The first-order chi connectivity index (χ1) is 7.52. The third-order valence-electron chi connectivity index (χ3n) is 3.93. The van der Waals surface area contributed by atoms with Crippen LogP contribution in [0, 0.1) is 11.8 Å². The van der Waals surface area contributed by atoms with Gasteiger partial charge in [0.15, 0.2) is 0 Å². The van der Waals surface area contributed by atoms with E-state index in [0.29, 0.717) is 5.92 Å². The Labute approximate surface area is 96.3 Å². The summed E-state index contributed by atoms with van der Waals surface area (Å²) in [5, 5.41) is 6.73. The van der Waals surface area contributed by atoms with Crippen LogP contribution in [0.1, 0.15) is 45.7 Å². The highest BCUT2D eigenvalue weighted by Crippen LogP contribution is 2.50. The first-order valence-corrected chi connectivity index (χ1v) is 6.08. The number of nitrogens with one attached hydrogen (secondary N) is 1. The minimum atomic E-state index is -0.118. The van der Waals surface area contributed by atoms with Crippen molar-refractivity contribution in [3.05, 3.63) is 28.2 Å². The quantitative estimate of drug-likeness (QED) is 0.850. The van der Waals surface area contributed by atoms with Gasteiger partial charge in [0.1, 0.15) is 0 Å². The molecule has 2 unspecified atom stereocenters. The summed E-state index contributed by atoms with van der Waals surface area (Å²) in [4.78, 5) is 11.0. The van der Waals surface area contributed by atoms with Crippen molar-refractivity contribution < 1.29 is 0 Å². The van der Waals surface area contributed by atoms with Gasteiger partial charge in [-0.15, -0.1) is 0 Å². The lowest BCUT2D eigenvalue weighted by Crippen LogP contribution is -2.43. The van der Waals surface area contributed by atoms with E-state index < -0.39 is 0 Å². The van der Waals surface area contributed by atoms with Gasteiger partial charge in [0.25, 0.3) is 5.56 Å². The van der Waals surface area contributed by atoms with Crippen LogP contribution in [0.5, 0.6) is 0 Å². The van der Waals surface area contributed by atoms with Crippen LogP contribution >= 0.6 is 0 Å². The number of aromatic amines is 1. The van der Waals surface area contributed by atoms with Crippen molar-refractivity contribution in [1.29, 1.82) is 0 Å². The zero-order valence-electron chi connectivity index (χ0n) is 10.3. The lowest BCUT2D eigenvalue weighted by atomic mass is 9.57. The summed E-state index contributed by atoms with van der Waals surface area (Å²) in [6.45, 7) is 6.79. The molecule has 1 aromatic heterocycles. The molecular weight excluding hydrogens is 200 g/mol. The summed E-state index contributed by atoms with van der Waals surface area (Å²) in [5.74, 6) is 1.44. The van der Waals surface area contributed by atoms with Crippen LogP contribution < -0.4 is 5.56 Å². The summed E-state index contributed by atoms with van der Waals surface area (Å²) in [6, 6.07) is 3.46. The van der Waals surface area contributed by atoms with Crippen LogP contribution in [0.3, 0.4) is 0 Å². The molecule has 0 saturated heterocycles. The molecule has 1 aliphatic rings. The molecule has 1 N–H and O–H groups in total. The molecule has 3 nitrogen and oxygen atoms in total. The molecule has 0 aromatic carbocycles. The van der Waals surface area contributed by atoms with Gasteiger partial charge in [-0.25, -0.2) is 5.10 Å². The standard InChI is InChI=1S/C13H20N2O/c1-9(2)8-10-6-7-13(10,3)11-4-5-12(16)15-14-11/h4-5,9-10H,6-8H2,1-3H3,(H,15,16). The van der Waals surface area contributed by atoms with Crippen LogP contribution in [0.4, 0.5) is 0 Å². The highest BCUT2D eigenvalue weighted by Gasteiger charge is 2.45. The van der Waals surface area contributed by atoms with Gasteiger partial charge in [-0.05, 0) is 37.2 Å². The first kappa shape index (κ1) is 11.4. The Kier molecular flexibility index (Phi) is 2.87. The maximum atomic E-state index is 11.0. The largest absolute Gasteiger partial charge is 0.268 e. The average molecular weight is 220 g/mol. The second-order valence-electron chi connectivity index (χ2n) is 5.59. The molecule has 2 rings (SSSR count). The van der Waals surface area contributed by atoms with Crippen LogP contribution in [-0.2, 0) is 5.41 Å². The van der Waals surface area contributed by atoms with E-state index in [2.05, 4.69) is 31.0 Å². The summed E-state index contributed by atoms with van der Waals surface area (Å²) in [6.07, 6.45) is 3.72. The fraction of sp³-hybridized carbons (Fsp3) is 0.692. The molecule has 1 aliphatic carbocycles. The molecule has 88 valence electrons. The predicted octanol–water partition coefficient (Wildman–Crippen LogP) is 2.48. The van der Waals surface area contributed by atoms with E-state index >= 15 is 0 Å². The van der Waals surface area contributed by atoms with Crippen molar-refractivity contribution in [2.75, 3.05) is 0 Å². The van der Waals surface area contributed by atoms with Gasteiger partial charge in [-0.2, -0.15) is 5.10 Å². The molecule has 0 radical (unpaired) electrons. The Balaban J connectivity index is 2.19. The van der Waals surface area contributed by atoms with Gasteiger partial charge in [0, 0.05) is 11.5 Å². The number of H-pyrrole nitrogens is 1. The van der Waals surface area contributed by atoms with Gasteiger partial charge in [-0.3, -0.25) is 4.79 Å². The Bertz CT molecular complexity index is 404. The monoisotopic (exact) mass is 220 g/mol. The van der Waals surface area contributed by atoms with E-state index in [4.69, 9.17) is 0 Å². The summed E-state index contributed by atoms with van der Waals surface area (Å²) < 4.78 is 0. The Hall–Kier alpha value is -1.12. The highest BCUT2D eigenvalue weighted by atomic mass is 16.1. The zero-order valence-corrected chi connectivity index (χ0v) is 10.3. The molecule has 3 heteroatoms. The normalized spacial score (nSPS) is 29.1. The van der Waals surface area contributed by atoms with E-state index in [1.165, 1.54) is 19.3 Å². The van der Waals surface area contributed by atoms with Gasteiger partial charge in [0.05, 0.1) is 5.69 Å². The minimum Gasteiger partial charge on any atom is -0.268 e. The maximum Gasteiger partial charge on any atom is 0.264 e. The van der Waals surface area contributed by atoms with Crippen LogP contribution in [0.2, 0.25) is 0 Å². The number of nitrogens with zero attached hydrogens (tertiary/aromatic N) is 1. The lowest BCUT2D eigenvalue weighted by molar-refractivity contribution is 0.110. The van der Waals surface area contributed by atoms with Gasteiger partial charge >= 0.3 is 0 Å². The molecule has 0 aliphatic heterocycles. The molecule has 1 heterocycles. The van der Waals surface area contributed by atoms with E-state index in [1.807, 2.05) is 6.07 Å². The number of aromatic nitrogens is 2. The van der Waals surface area contributed by atoms with Crippen molar-refractivity contribution >= 4 is 0 Å². The number of hydrogen-bond acceptors (Lipinski definition) is 2. The third-order valence-corrected chi connectivity index (χ3v) is 3.93. The van der Waals surface area contributed by atoms with E-state index in [-0.39, 0.29) is 11.0 Å². The zero-order chi connectivity index (χ0) is 11.8. The van der Waals surface area contributed by atoms with Crippen LogP contribution in [0.15, 0.2) is 16.9 Å². The fourth-order valence-corrected chi connectivity index (χ4v) is 2.73. The summed E-state index contributed by atoms with van der Waals surface area (Å²) in [7, 11) is 0. The first-order valence-electron chi connectivity index (χ1n) is 6.08. The lowest BCUT2D eigenvalue weighted by Gasteiger charge is -2.47. The van der Waals surface area contributed by atoms with Crippen LogP contribution in [0.25, 0.3) is 0 Å². The van der Waals surface area contributed by atoms with Crippen LogP contribution in [-0.4, -0.2) is 10.2 Å². The van der Waals surface area contributed by atoms with E-state index in [0.717, 1.165) is 11.6 Å². The van der Waals surface area contributed by atoms with Crippen molar-refractivity contribution in [3.8, 4) is 0 Å². The summed E-state index contributed by atoms with van der Waals surface area (Å²) >= 11 is 0. The maximum absolute atomic E-state index is 11.0. The Morgan fingerprint density at radius 1 is 1.56 bits per heavy atom. The van der Waals surface area contributed by atoms with Gasteiger partial charge in [0.2, 0.25) is 0 Å². The summed E-state index contributed by atoms with van der Waals surface area (Å²) in [5.41, 5.74) is 1.10. The third kappa shape index (κ3) is 1.91.